The minimum atomic E-state index is -0.773. The third-order valence-corrected chi connectivity index (χ3v) is 6.75. The van der Waals surface area contributed by atoms with E-state index in [-0.39, 0.29) is 25.0 Å². The molecule has 0 saturated heterocycles. The van der Waals surface area contributed by atoms with Crippen LogP contribution in [0.15, 0.2) is 72.8 Å². The number of nitrogens with zero attached hydrogens (tertiary/aromatic N) is 1. The number of hydrogen-bond acceptors (Lipinski definition) is 3. The van der Waals surface area contributed by atoms with Crippen LogP contribution in [0.1, 0.15) is 57.2 Å². The molecule has 3 aromatic carbocycles. The van der Waals surface area contributed by atoms with Crippen molar-refractivity contribution in [2.75, 3.05) is 6.61 Å². The van der Waals surface area contributed by atoms with Gasteiger partial charge in [-0.15, -0.1) is 0 Å². The smallest absolute Gasteiger partial charge is 0.261 e. The highest BCUT2D eigenvalue weighted by Crippen LogP contribution is 2.25. The topological polar surface area (TPSA) is 58.6 Å². The molecule has 0 aliphatic rings. The van der Waals surface area contributed by atoms with E-state index in [1.165, 1.54) is 5.56 Å². The molecule has 1 unspecified atom stereocenters. The minimum Gasteiger partial charge on any atom is -0.484 e. The second-order valence-electron chi connectivity index (χ2n) is 10.7. The van der Waals surface area contributed by atoms with Crippen LogP contribution in [0.25, 0.3) is 0 Å². The first-order valence-electron chi connectivity index (χ1n) is 12.7. The van der Waals surface area contributed by atoms with Crippen molar-refractivity contribution in [1.29, 1.82) is 0 Å². The van der Waals surface area contributed by atoms with Crippen LogP contribution in [0, 0.1) is 0 Å². The van der Waals surface area contributed by atoms with Crippen LogP contribution >= 0.6 is 23.2 Å². The van der Waals surface area contributed by atoms with Crippen LogP contribution in [0.4, 0.5) is 0 Å². The van der Waals surface area contributed by atoms with E-state index >= 15 is 0 Å². The predicted molar refractivity (Wildman–Crippen MR) is 155 cm³/mol. The molecule has 0 bridgehead atoms. The fourth-order valence-corrected chi connectivity index (χ4v) is 4.34. The number of benzene rings is 3. The van der Waals surface area contributed by atoms with Gasteiger partial charge in [-0.05, 0) is 67.6 Å². The van der Waals surface area contributed by atoms with Crippen molar-refractivity contribution in [3.63, 3.8) is 0 Å². The van der Waals surface area contributed by atoms with Crippen molar-refractivity contribution in [3.05, 3.63) is 99.5 Å². The van der Waals surface area contributed by atoms with E-state index in [0.717, 1.165) is 11.1 Å². The van der Waals surface area contributed by atoms with Crippen molar-refractivity contribution >= 4 is 35.0 Å². The number of amides is 2. The molecule has 0 heterocycles. The summed E-state index contributed by atoms with van der Waals surface area (Å²) in [7, 11) is 0. The molecule has 0 radical (unpaired) electrons. The summed E-state index contributed by atoms with van der Waals surface area (Å²) in [6.07, 6.45) is 0.346. The lowest BCUT2D eigenvalue weighted by Crippen LogP contribution is -2.55. The molecular weight excluding hydrogens is 519 g/mol. The number of halogens is 2. The van der Waals surface area contributed by atoms with Crippen molar-refractivity contribution in [2.45, 2.75) is 65.1 Å². The molecule has 0 aliphatic heterocycles. The molecule has 1 atom stereocenters. The van der Waals surface area contributed by atoms with Gasteiger partial charge in [0.05, 0.1) is 10.0 Å². The summed E-state index contributed by atoms with van der Waals surface area (Å²) in [4.78, 5) is 28.9. The largest absolute Gasteiger partial charge is 0.484 e. The van der Waals surface area contributed by atoms with Gasteiger partial charge >= 0.3 is 0 Å². The number of carbonyl (C=O) groups excluding carboxylic acids is 2. The summed E-state index contributed by atoms with van der Waals surface area (Å²) < 4.78 is 5.87. The molecule has 0 aromatic heterocycles. The average molecular weight is 556 g/mol. The molecule has 7 heteroatoms. The van der Waals surface area contributed by atoms with Crippen molar-refractivity contribution in [3.8, 4) is 5.75 Å². The number of carbonyl (C=O) groups is 2. The van der Waals surface area contributed by atoms with E-state index in [1.807, 2.05) is 75.4 Å². The summed E-state index contributed by atoms with van der Waals surface area (Å²) in [6.45, 7) is 9.95. The molecule has 0 aliphatic carbocycles. The maximum atomic E-state index is 13.7. The lowest BCUT2D eigenvalue weighted by Gasteiger charge is -2.33. The number of rotatable bonds is 10. The van der Waals surface area contributed by atoms with Crippen LogP contribution in [0.5, 0.6) is 5.75 Å². The van der Waals surface area contributed by atoms with E-state index in [1.54, 1.807) is 23.1 Å². The monoisotopic (exact) mass is 554 g/mol. The quantitative estimate of drug-likeness (QED) is 0.292. The second kappa shape index (κ2) is 13.2. The average Bonchev–Trinajstić information content (AvgIpc) is 2.86. The summed E-state index contributed by atoms with van der Waals surface area (Å²) in [5.41, 5.74) is 2.42. The standard InChI is InChI=1S/C31H36Cl2N2O3/c1-21(2)24-12-14-25(15-13-24)38-20-29(36)35(19-23-11-16-26(32)27(33)17-23)28(30(37)34-31(3,4)5)18-22-9-7-6-8-10-22/h6-17,21,28H,18-20H2,1-5H3,(H,34,37). The molecular formula is C31H36Cl2N2O3. The molecule has 2 amide bonds. The van der Waals surface area contributed by atoms with Gasteiger partial charge < -0.3 is 15.0 Å². The molecule has 0 saturated carbocycles. The molecule has 38 heavy (non-hydrogen) atoms. The van der Waals surface area contributed by atoms with Gasteiger partial charge in [0, 0.05) is 18.5 Å². The van der Waals surface area contributed by atoms with Crippen LogP contribution in [0.3, 0.4) is 0 Å². The van der Waals surface area contributed by atoms with E-state index in [4.69, 9.17) is 27.9 Å². The van der Waals surface area contributed by atoms with Crippen LogP contribution in [-0.4, -0.2) is 34.9 Å². The lowest BCUT2D eigenvalue weighted by molar-refractivity contribution is -0.143. The number of nitrogens with one attached hydrogen (secondary N) is 1. The zero-order valence-corrected chi connectivity index (χ0v) is 24.1. The van der Waals surface area contributed by atoms with Gasteiger partial charge in [-0.2, -0.15) is 0 Å². The number of ether oxygens (including phenoxy) is 1. The third kappa shape index (κ3) is 8.78. The van der Waals surface area contributed by atoms with Gasteiger partial charge in [-0.3, -0.25) is 9.59 Å². The van der Waals surface area contributed by atoms with E-state index in [2.05, 4.69) is 19.2 Å². The Hall–Kier alpha value is -3.02. The molecule has 0 fully saturated rings. The molecule has 3 rings (SSSR count). The summed E-state index contributed by atoms with van der Waals surface area (Å²) in [5, 5.41) is 3.86. The van der Waals surface area contributed by atoms with Crippen LogP contribution < -0.4 is 10.1 Å². The Kier molecular flexibility index (Phi) is 10.2. The maximum absolute atomic E-state index is 13.7. The molecule has 3 aromatic rings. The normalized spacial score (nSPS) is 12.2. The summed E-state index contributed by atoms with van der Waals surface area (Å²) in [6, 6.07) is 21.8. The fourth-order valence-electron chi connectivity index (χ4n) is 4.02. The highest BCUT2D eigenvalue weighted by atomic mass is 35.5. The van der Waals surface area contributed by atoms with E-state index in [0.29, 0.717) is 28.1 Å². The lowest BCUT2D eigenvalue weighted by atomic mass is 10.0. The van der Waals surface area contributed by atoms with Gasteiger partial charge in [0.25, 0.3) is 5.91 Å². The van der Waals surface area contributed by atoms with E-state index < -0.39 is 11.6 Å². The Bertz CT molecular complexity index is 1220. The Morgan fingerprint density at radius 1 is 0.895 bits per heavy atom. The van der Waals surface area contributed by atoms with Gasteiger partial charge in [-0.1, -0.05) is 85.6 Å². The Morgan fingerprint density at radius 2 is 1.55 bits per heavy atom. The highest BCUT2D eigenvalue weighted by molar-refractivity contribution is 6.42. The third-order valence-electron chi connectivity index (χ3n) is 6.02. The van der Waals surface area contributed by atoms with Gasteiger partial charge in [0.15, 0.2) is 6.61 Å². The Morgan fingerprint density at radius 3 is 2.13 bits per heavy atom. The first kappa shape index (κ1) is 29.5. The first-order chi connectivity index (χ1) is 17.9. The van der Waals surface area contributed by atoms with Gasteiger partial charge in [0.1, 0.15) is 11.8 Å². The Balaban J connectivity index is 1.92. The maximum Gasteiger partial charge on any atom is 0.261 e. The fraction of sp³-hybridized carbons (Fsp3) is 0.355. The van der Waals surface area contributed by atoms with Crippen molar-refractivity contribution < 1.29 is 14.3 Å². The van der Waals surface area contributed by atoms with Crippen molar-refractivity contribution in [2.24, 2.45) is 0 Å². The van der Waals surface area contributed by atoms with Crippen LogP contribution in [-0.2, 0) is 22.6 Å². The van der Waals surface area contributed by atoms with E-state index in [9.17, 15) is 9.59 Å². The zero-order chi connectivity index (χ0) is 27.9. The highest BCUT2D eigenvalue weighted by Gasteiger charge is 2.32. The number of hydrogen-bond donors (Lipinski definition) is 1. The Labute approximate surface area is 236 Å². The molecule has 5 nitrogen and oxygen atoms in total. The first-order valence-corrected chi connectivity index (χ1v) is 13.5. The predicted octanol–water partition coefficient (Wildman–Crippen LogP) is 7.05. The van der Waals surface area contributed by atoms with Gasteiger partial charge in [0.2, 0.25) is 5.91 Å². The summed E-state index contributed by atoms with van der Waals surface area (Å²) >= 11 is 12.4. The molecule has 1 N–H and O–H groups in total. The van der Waals surface area contributed by atoms with Crippen LogP contribution in [0.2, 0.25) is 10.0 Å². The summed E-state index contributed by atoms with van der Waals surface area (Å²) in [5.74, 6) is 0.438. The minimum absolute atomic E-state index is 0.167. The SMILES string of the molecule is CC(C)c1ccc(OCC(=O)N(Cc2ccc(Cl)c(Cl)c2)C(Cc2ccccc2)C(=O)NC(C)(C)C)cc1. The molecule has 0 spiro atoms. The van der Waals surface area contributed by atoms with Gasteiger partial charge in [-0.25, -0.2) is 0 Å². The second-order valence-corrected chi connectivity index (χ2v) is 11.5. The zero-order valence-electron chi connectivity index (χ0n) is 22.6. The molecule has 202 valence electrons. The van der Waals surface area contributed by atoms with Crippen molar-refractivity contribution in [1.82, 2.24) is 10.2 Å².